The first kappa shape index (κ1) is 19.7. The Morgan fingerprint density at radius 2 is 2.00 bits per heavy atom. The van der Waals surface area contributed by atoms with E-state index < -0.39 is 18.6 Å². The van der Waals surface area contributed by atoms with E-state index in [-0.39, 0.29) is 5.91 Å². The summed E-state index contributed by atoms with van der Waals surface area (Å²) in [5, 5.41) is 0. The average molecular weight is 407 g/mol. The summed E-state index contributed by atoms with van der Waals surface area (Å²) in [6, 6.07) is 12.6. The van der Waals surface area contributed by atoms with Crippen LogP contribution in [0.5, 0.6) is 5.75 Å². The lowest BCUT2D eigenvalue weighted by Crippen LogP contribution is -2.40. The molecular weight excluding hydrogens is 387 g/mol. The van der Waals surface area contributed by atoms with Crippen LogP contribution < -0.4 is 10.2 Å². The number of rotatable bonds is 4. The molecule has 6 nitrogen and oxygen atoms in total. The number of nitrogens with zero attached hydrogens (tertiary/aromatic N) is 2. The van der Waals surface area contributed by atoms with Gasteiger partial charge in [0.25, 0.3) is 5.91 Å². The number of hydroxylamine groups is 1. The van der Waals surface area contributed by atoms with Crippen LogP contribution in [0, 0.1) is 0 Å². The molecule has 0 aromatic heterocycles. The Balaban J connectivity index is 1.54. The Hall–Kier alpha value is -2.62. The van der Waals surface area contributed by atoms with Gasteiger partial charge in [0, 0.05) is 24.2 Å². The van der Waals surface area contributed by atoms with Gasteiger partial charge in [-0.15, -0.1) is 0 Å². The molecule has 0 aliphatic carbocycles. The second kappa shape index (κ2) is 7.33. The third kappa shape index (κ3) is 3.57. The van der Waals surface area contributed by atoms with E-state index in [0.29, 0.717) is 30.0 Å². The smallest absolute Gasteiger partial charge is 0.430 e. The van der Waals surface area contributed by atoms with Gasteiger partial charge in [0.1, 0.15) is 11.9 Å². The van der Waals surface area contributed by atoms with Crippen LogP contribution in [0.15, 0.2) is 42.5 Å². The van der Waals surface area contributed by atoms with E-state index in [4.69, 9.17) is 9.57 Å². The zero-order chi connectivity index (χ0) is 20.8. The molecule has 0 radical (unpaired) electrons. The van der Waals surface area contributed by atoms with E-state index in [1.807, 2.05) is 24.3 Å². The molecule has 1 N–H and O–H groups in total. The molecule has 2 heterocycles. The third-order valence-corrected chi connectivity index (χ3v) is 5.23. The molecule has 0 spiro atoms. The lowest BCUT2D eigenvalue weighted by Gasteiger charge is -2.23. The average Bonchev–Trinajstić information content (AvgIpc) is 3.22. The van der Waals surface area contributed by atoms with Crippen molar-refractivity contribution in [3.05, 3.63) is 64.7 Å². The van der Waals surface area contributed by atoms with Gasteiger partial charge >= 0.3 is 6.18 Å². The first-order valence-electron chi connectivity index (χ1n) is 9.03. The molecule has 154 valence electrons. The van der Waals surface area contributed by atoms with Gasteiger partial charge in [0.05, 0.1) is 7.11 Å². The number of fused-ring (bicyclic) bond motifs is 1. The first-order valence-corrected chi connectivity index (χ1v) is 9.03. The van der Waals surface area contributed by atoms with Gasteiger partial charge in [-0.3, -0.25) is 14.5 Å². The van der Waals surface area contributed by atoms with Gasteiger partial charge in [-0.2, -0.15) is 18.7 Å². The molecule has 4 rings (SSSR count). The number of nitrogens with one attached hydrogen (secondary N) is 1. The number of para-hydroxylation sites is 1. The number of halogens is 3. The van der Waals surface area contributed by atoms with Gasteiger partial charge in [-0.25, -0.2) is 0 Å². The highest BCUT2D eigenvalue weighted by atomic mass is 19.4. The standard InChI is InChI=1S/C20H20F3N3O3/c1-25-17(24-29-19(25)20(21,22)23)12-7-8-13-10-26(18(27)15(13)9-12)11-14-5-3-4-6-16(14)28-2/h3-9,17,19,24H,10-11H2,1-2H3. The minimum atomic E-state index is -4.52. The van der Waals surface area contributed by atoms with E-state index in [1.165, 1.54) is 7.05 Å². The molecule has 2 unspecified atom stereocenters. The molecule has 1 fully saturated rings. The van der Waals surface area contributed by atoms with Crippen molar-refractivity contribution in [2.45, 2.75) is 31.7 Å². The number of hydrogen-bond acceptors (Lipinski definition) is 5. The Morgan fingerprint density at radius 1 is 1.24 bits per heavy atom. The lowest BCUT2D eigenvalue weighted by molar-refractivity contribution is -0.246. The molecule has 2 aliphatic heterocycles. The maximum Gasteiger partial charge on any atom is 0.430 e. The molecule has 2 atom stereocenters. The van der Waals surface area contributed by atoms with Crippen molar-refractivity contribution in [3.63, 3.8) is 0 Å². The number of alkyl halides is 3. The first-order chi connectivity index (χ1) is 13.8. The summed E-state index contributed by atoms with van der Waals surface area (Å²) in [6.45, 7) is 0.815. The summed E-state index contributed by atoms with van der Waals surface area (Å²) in [7, 11) is 2.90. The second-order valence-corrected chi connectivity index (χ2v) is 7.09. The van der Waals surface area contributed by atoms with Gasteiger partial charge in [0.2, 0.25) is 6.23 Å². The zero-order valence-corrected chi connectivity index (χ0v) is 15.9. The fourth-order valence-corrected chi connectivity index (χ4v) is 3.75. The van der Waals surface area contributed by atoms with Crippen molar-refractivity contribution in [1.29, 1.82) is 0 Å². The number of methoxy groups -OCH3 is 1. The van der Waals surface area contributed by atoms with Crippen molar-refractivity contribution < 1.29 is 27.5 Å². The maximum absolute atomic E-state index is 13.0. The number of carbonyl (C=O) groups excluding carboxylic acids is 1. The van der Waals surface area contributed by atoms with E-state index in [2.05, 4.69) is 5.48 Å². The fourth-order valence-electron chi connectivity index (χ4n) is 3.75. The molecule has 2 aliphatic rings. The molecule has 1 amide bonds. The van der Waals surface area contributed by atoms with E-state index >= 15 is 0 Å². The monoisotopic (exact) mass is 407 g/mol. The normalized spacial score (nSPS) is 22.2. The summed E-state index contributed by atoms with van der Waals surface area (Å²) in [5.41, 5.74) is 5.16. The lowest BCUT2D eigenvalue weighted by atomic mass is 10.0. The predicted molar refractivity (Wildman–Crippen MR) is 97.6 cm³/mol. The highest BCUT2D eigenvalue weighted by molar-refractivity contribution is 5.98. The fraction of sp³-hybridized carbons (Fsp3) is 0.350. The predicted octanol–water partition coefficient (Wildman–Crippen LogP) is 3.20. The number of carbonyl (C=O) groups is 1. The van der Waals surface area contributed by atoms with E-state index in [9.17, 15) is 18.0 Å². The quantitative estimate of drug-likeness (QED) is 0.844. The van der Waals surface area contributed by atoms with Crippen LogP contribution >= 0.6 is 0 Å². The number of hydrogen-bond donors (Lipinski definition) is 1. The highest BCUT2D eigenvalue weighted by Crippen LogP contribution is 2.36. The SMILES string of the molecule is COc1ccccc1CN1Cc2ccc(C3NOC(C(F)(F)F)N3C)cc2C1=O. The maximum atomic E-state index is 13.0. The van der Waals surface area contributed by atoms with Crippen molar-refractivity contribution in [3.8, 4) is 5.75 Å². The molecule has 1 saturated heterocycles. The Kier molecular flexibility index (Phi) is 4.97. The molecule has 0 saturated carbocycles. The molecular formula is C20H20F3N3O3. The van der Waals surface area contributed by atoms with Crippen LogP contribution in [0.4, 0.5) is 13.2 Å². The van der Waals surface area contributed by atoms with Crippen LogP contribution in [0.25, 0.3) is 0 Å². The largest absolute Gasteiger partial charge is 0.496 e. The van der Waals surface area contributed by atoms with Crippen LogP contribution in [-0.2, 0) is 17.9 Å². The molecule has 9 heteroatoms. The van der Waals surface area contributed by atoms with Gasteiger partial charge in [0.15, 0.2) is 0 Å². The minimum absolute atomic E-state index is 0.165. The van der Waals surface area contributed by atoms with Crippen molar-refractivity contribution >= 4 is 5.91 Å². The molecule has 0 bridgehead atoms. The molecule has 2 aromatic rings. The van der Waals surface area contributed by atoms with Crippen LogP contribution in [0.3, 0.4) is 0 Å². The second-order valence-electron chi connectivity index (χ2n) is 7.09. The van der Waals surface area contributed by atoms with Gasteiger partial charge < -0.3 is 9.64 Å². The summed E-state index contributed by atoms with van der Waals surface area (Å²) >= 11 is 0. The number of ether oxygens (including phenoxy) is 1. The van der Waals surface area contributed by atoms with Gasteiger partial charge in [-0.1, -0.05) is 30.3 Å². The van der Waals surface area contributed by atoms with E-state index in [0.717, 1.165) is 16.0 Å². The number of benzene rings is 2. The molecule has 29 heavy (non-hydrogen) atoms. The summed E-state index contributed by atoms with van der Waals surface area (Å²) < 4.78 is 44.4. The Morgan fingerprint density at radius 3 is 2.69 bits per heavy atom. The Bertz CT molecular complexity index is 935. The summed E-state index contributed by atoms with van der Waals surface area (Å²) in [6.07, 6.45) is -7.37. The topological polar surface area (TPSA) is 54.0 Å². The van der Waals surface area contributed by atoms with Crippen LogP contribution in [-0.4, -0.2) is 42.3 Å². The molecule has 2 aromatic carbocycles. The van der Waals surface area contributed by atoms with Crippen molar-refractivity contribution in [2.75, 3.05) is 14.2 Å². The minimum Gasteiger partial charge on any atom is -0.496 e. The van der Waals surface area contributed by atoms with E-state index in [1.54, 1.807) is 30.2 Å². The summed E-state index contributed by atoms with van der Waals surface area (Å²) in [5.74, 6) is 0.533. The van der Waals surface area contributed by atoms with Crippen molar-refractivity contribution in [2.24, 2.45) is 0 Å². The number of amides is 1. The zero-order valence-electron chi connectivity index (χ0n) is 15.9. The van der Waals surface area contributed by atoms with Crippen molar-refractivity contribution in [1.82, 2.24) is 15.3 Å². The summed E-state index contributed by atoms with van der Waals surface area (Å²) in [4.78, 5) is 20.4. The Labute approximate surface area is 165 Å². The van der Waals surface area contributed by atoms with Crippen LogP contribution in [0.1, 0.15) is 33.2 Å². The van der Waals surface area contributed by atoms with Gasteiger partial charge in [-0.05, 0) is 30.3 Å². The van der Waals surface area contributed by atoms with Crippen LogP contribution in [0.2, 0.25) is 0 Å². The highest BCUT2D eigenvalue weighted by Gasteiger charge is 2.50. The third-order valence-electron chi connectivity index (χ3n) is 5.23.